The Hall–Kier alpha value is -2.54. The number of benzene rings is 1. The molecular weight excluding hydrogens is 282 g/mol. The maximum Gasteiger partial charge on any atom is 0.275 e. The van der Waals surface area contributed by atoms with Crippen molar-refractivity contribution in [1.82, 2.24) is 19.9 Å². The Labute approximate surface area is 125 Å². The third kappa shape index (κ3) is 2.01. The van der Waals surface area contributed by atoms with Gasteiger partial charge in [-0.05, 0) is 25.3 Å². The zero-order valence-electron chi connectivity index (χ0n) is 11.9. The SMILES string of the molecule is NC1(c2noc(Cn3ncc4ccccc4c3=O)n2)CCC1. The predicted octanol–water partition coefficient (Wildman–Crippen LogP) is 1.17. The third-order valence-corrected chi connectivity index (χ3v) is 4.21. The summed E-state index contributed by atoms with van der Waals surface area (Å²) in [6, 6.07) is 7.33. The highest BCUT2D eigenvalue weighted by Gasteiger charge is 2.39. The fourth-order valence-electron chi connectivity index (χ4n) is 2.67. The van der Waals surface area contributed by atoms with Crippen molar-refractivity contribution in [2.45, 2.75) is 31.3 Å². The lowest BCUT2D eigenvalue weighted by Gasteiger charge is -2.34. The number of nitrogens with zero attached hydrogens (tertiary/aromatic N) is 4. The van der Waals surface area contributed by atoms with E-state index in [0.29, 0.717) is 17.1 Å². The van der Waals surface area contributed by atoms with Crippen molar-refractivity contribution >= 4 is 10.8 Å². The second kappa shape index (κ2) is 4.74. The van der Waals surface area contributed by atoms with Crippen LogP contribution in [0.25, 0.3) is 10.8 Å². The van der Waals surface area contributed by atoms with Crippen molar-refractivity contribution in [1.29, 1.82) is 0 Å². The summed E-state index contributed by atoms with van der Waals surface area (Å²) in [7, 11) is 0. The van der Waals surface area contributed by atoms with E-state index in [1.165, 1.54) is 4.68 Å². The summed E-state index contributed by atoms with van der Waals surface area (Å²) >= 11 is 0. The van der Waals surface area contributed by atoms with Crippen LogP contribution in [0.15, 0.2) is 39.8 Å². The lowest BCUT2D eigenvalue weighted by molar-refractivity contribution is 0.228. The zero-order valence-corrected chi connectivity index (χ0v) is 11.9. The monoisotopic (exact) mass is 297 g/mol. The van der Waals surface area contributed by atoms with E-state index in [9.17, 15) is 4.79 Å². The van der Waals surface area contributed by atoms with Crippen LogP contribution in [-0.2, 0) is 12.1 Å². The van der Waals surface area contributed by atoms with E-state index in [1.54, 1.807) is 12.3 Å². The molecule has 0 aliphatic heterocycles. The first kappa shape index (κ1) is 13.1. The largest absolute Gasteiger partial charge is 0.337 e. The molecule has 1 saturated carbocycles. The maximum atomic E-state index is 12.4. The minimum Gasteiger partial charge on any atom is -0.337 e. The third-order valence-electron chi connectivity index (χ3n) is 4.21. The van der Waals surface area contributed by atoms with Crippen molar-refractivity contribution in [3.05, 3.63) is 52.5 Å². The number of rotatable bonds is 3. The van der Waals surface area contributed by atoms with Crippen LogP contribution in [0.4, 0.5) is 0 Å². The molecule has 0 bridgehead atoms. The number of nitrogens with two attached hydrogens (primary N) is 1. The molecule has 1 aliphatic carbocycles. The quantitative estimate of drug-likeness (QED) is 0.779. The fourth-order valence-corrected chi connectivity index (χ4v) is 2.67. The molecule has 2 N–H and O–H groups in total. The van der Waals surface area contributed by atoms with Gasteiger partial charge in [0.2, 0.25) is 5.89 Å². The Morgan fingerprint density at radius 1 is 1.32 bits per heavy atom. The molecule has 0 unspecified atom stereocenters. The molecule has 3 aromatic rings. The molecule has 7 nitrogen and oxygen atoms in total. The highest BCUT2D eigenvalue weighted by molar-refractivity contribution is 5.80. The smallest absolute Gasteiger partial charge is 0.275 e. The van der Waals surface area contributed by atoms with E-state index in [-0.39, 0.29) is 12.1 Å². The van der Waals surface area contributed by atoms with E-state index < -0.39 is 5.54 Å². The molecule has 112 valence electrons. The van der Waals surface area contributed by atoms with E-state index in [4.69, 9.17) is 10.3 Å². The van der Waals surface area contributed by atoms with Crippen LogP contribution < -0.4 is 11.3 Å². The average Bonchev–Trinajstić information content (AvgIpc) is 2.97. The van der Waals surface area contributed by atoms with Gasteiger partial charge >= 0.3 is 0 Å². The molecule has 7 heteroatoms. The van der Waals surface area contributed by atoms with Crippen molar-refractivity contribution in [2.75, 3.05) is 0 Å². The molecule has 0 atom stereocenters. The van der Waals surface area contributed by atoms with Gasteiger partial charge in [-0.15, -0.1) is 0 Å². The molecule has 2 aromatic heterocycles. The first-order valence-electron chi connectivity index (χ1n) is 7.23. The summed E-state index contributed by atoms with van der Waals surface area (Å²) in [4.78, 5) is 16.7. The van der Waals surface area contributed by atoms with Crippen molar-refractivity contribution in [2.24, 2.45) is 5.73 Å². The minimum absolute atomic E-state index is 0.146. The number of fused-ring (bicyclic) bond motifs is 1. The summed E-state index contributed by atoms with van der Waals surface area (Å²) < 4.78 is 6.54. The van der Waals surface area contributed by atoms with Gasteiger partial charge in [0, 0.05) is 5.39 Å². The Bertz CT molecular complexity index is 894. The number of hydrogen-bond donors (Lipinski definition) is 1. The van der Waals surface area contributed by atoms with Crippen LogP contribution in [0.5, 0.6) is 0 Å². The van der Waals surface area contributed by atoms with Crippen molar-refractivity contribution < 1.29 is 4.52 Å². The lowest BCUT2D eigenvalue weighted by atomic mass is 9.77. The standard InChI is InChI=1S/C15H15N5O2/c16-15(6-3-7-15)14-18-12(22-19-14)9-20-13(21)11-5-2-1-4-10(11)8-17-20/h1-2,4-5,8H,3,6-7,9,16H2. The molecule has 1 fully saturated rings. The second-order valence-electron chi connectivity index (χ2n) is 5.72. The van der Waals surface area contributed by atoms with Gasteiger partial charge in [-0.1, -0.05) is 23.4 Å². The van der Waals surface area contributed by atoms with Gasteiger partial charge in [0.05, 0.1) is 17.1 Å². The Kier molecular flexibility index (Phi) is 2.83. The molecule has 4 rings (SSSR count). The molecule has 0 amide bonds. The second-order valence-corrected chi connectivity index (χ2v) is 5.72. The van der Waals surface area contributed by atoms with Gasteiger partial charge in [-0.3, -0.25) is 4.79 Å². The van der Waals surface area contributed by atoms with Crippen LogP contribution >= 0.6 is 0 Å². The van der Waals surface area contributed by atoms with E-state index in [0.717, 1.165) is 24.6 Å². The number of aromatic nitrogens is 4. The normalized spacial score (nSPS) is 16.6. The van der Waals surface area contributed by atoms with Gasteiger partial charge < -0.3 is 10.3 Å². The average molecular weight is 297 g/mol. The van der Waals surface area contributed by atoms with Crippen LogP contribution in [-0.4, -0.2) is 19.9 Å². The predicted molar refractivity (Wildman–Crippen MR) is 79.1 cm³/mol. The van der Waals surface area contributed by atoms with Crippen molar-refractivity contribution in [3.63, 3.8) is 0 Å². The van der Waals surface area contributed by atoms with Gasteiger partial charge in [0.25, 0.3) is 5.56 Å². The molecular formula is C15H15N5O2. The molecule has 0 radical (unpaired) electrons. The lowest BCUT2D eigenvalue weighted by Crippen LogP contribution is -2.44. The zero-order chi connectivity index (χ0) is 15.2. The first-order chi connectivity index (χ1) is 10.7. The van der Waals surface area contributed by atoms with Gasteiger partial charge in [-0.25, -0.2) is 4.68 Å². The topological polar surface area (TPSA) is 99.8 Å². The van der Waals surface area contributed by atoms with Gasteiger partial charge in [0.1, 0.15) is 6.54 Å². The molecule has 1 aliphatic rings. The number of hydrogen-bond acceptors (Lipinski definition) is 6. The summed E-state index contributed by atoms with van der Waals surface area (Å²) in [5.74, 6) is 0.860. The minimum atomic E-state index is -0.469. The maximum absolute atomic E-state index is 12.4. The summed E-state index contributed by atoms with van der Waals surface area (Å²) in [5.41, 5.74) is 5.52. The van der Waals surface area contributed by atoms with E-state index in [1.807, 2.05) is 18.2 Å². The van der Waals surface area contributed by atoms with Crippen LogP contribution in [0.2, 0.25) is 0 Å². The Morgan fingerprint density at radius 2 is 2.14 bits per heavy atom. The highest BCUT2D eigenvalue weighted by Crippen LogP contribution is 2.36. The fraction of sp³-hybridized carbons (Fsp3) is 0.333. The molecule has 0 spiro atoms. The molecule has 0 saturated heterocycles. The van der Waals surface area contributed by atoms with Crippen molar-refractivity contribution in [3.8, 4) is 0 Å². The first-order valence-corrected chi connectivity index (χ1v) is 7.23. The Morgan fingerprint density at radius 3 is 2.91 bits per heavy atom. The molecule has 1 aromatic carbocycles. The van der Waals surface area contributed by atoms with Gasteiger partial charge in [-0.2, -0.15) is 10.1 Å². The van der Waals surface area contributed by atoms with Gasteiger partial charge in [0.15, 0.2) is 5.82 Å². The Balaban J connectivity index is 1.66. The summed E-state index contributed by atoms with van der Waals surface area (Å²) in [6.45, 7) is 0.146. The van der Waals surface area contributed by atoms with Crippen LogP contribution in [0.3, 0.4) is 0 Å². The van der Waals surface area contributed by atoms with E-state index >= 15 is 0 Å². The summed E-state index contributed by atoms with van der Waals surface area (Å²) in [6.07, 6.45) is 4.46. The van der Waals surface area contributed by atoms with Crippen LogP contribution in [0.1, 0.15) is 31.0 Å². The van der Waals surface area contributed by atoms with Crippen LogP contribution in [0, 0.1) is 0 Å². The highest BCUT2D eigenvalue weighted by atomic mass is 16.5. The molecule has 2 heterocycles. The summed E-state index contributed by atoms with van der Waals surface area (Å²) in [5, 5.41) is 9.52. The molecule has 22 heavy (non-hydrogen) atoms. The van der Waals surface area contributed by atoms with E-state index in [2.05, 4.69) is 15.2 Å².